The van der Waals surface area contributed by atoms with E-state index in [1.807, 2.05) is 0 Å². The summed E-state index contributed by atoms with van der Waals surface area (Å²) in [5.41, 5.74) is 1.54. The Morgan fingerprint density at radius 1 is 0.622 bits per heavy atom. The van der Waals surface area contributed by atoms with Gasteiger partial charge in [0, 0.05) is 17.8 Å². The summed E-state index contributed by atoms with van der Waals surface area (Å²) in [5, 5.41) is 0. The zero-order valence-corrected chi connectivity index (χ0v) is 25.4. The Bertz CT molecular complexity index is 1740. The highest BCUT2D eigenvalue weighted by Crippen LogP contribution is 2.53. The summed E-state index contributed by atoms with van der Waals surface area (Å²) < 4.78 is 145. The van der Waals surface area contributed by atoms with E-state index in [1.165, 1.54) is 0 Å². The van der Waals surface area contributed by atoms with Crippen LogP contribution in [0, 0.1) is 23.3 Å². The summed E-state index contributed by atoms with van der Waals surface area (Å²) in [7, 11) is -11.3. The van der Waals surface area contributed by atoms with Gasteiger partial charge in [-0.3, -0.25) is 0 Å². The predicted octanol–water partition coefficient (Wildman–Crippen LogP) is 5.02. The van der Waals surface area contributed by atoms with Gasteiger partial charge in [-0.25, -0.2) is 17.2 Å². The van der Waals surface area contributed by atoms with Gasteiger partial charge in [0.25, 0.3) is 0 Å². The van der Waals surface area contributed by atoms with Crippen LogP contribution in [-0.4, -0.2) is 58.0 Å². The van der Waals surface area contributed by atoms with Crippen LogP contribution in [0.25, 0.3) is 0 Å². The molecule has 6 aliphatic heterocycles. The highest BCUT2D eigenvalue weighted by molar-refractivity contribution is 7.87. The van der Waals surface area contributed by atoms with E-state index in [9.17, 15) is 30.2 Å². The Morgan fingerprint density at radius 3 is 1.40 bits per heavy atom. The first-order valence-electron chi connectivity index (χ1n) is 15.2. The molecule has 2 aromatic carbocycles. The SMILES string of the molecule is O=S(=O)([O-])c1c(F)c(F)c(OS(=O)(=O)c2c(C3CC4CCC3O4)cc(C3CC4CCC3O4)cc2C2CC3CCC2O3)c(F)c1F. The summed E-state index contributed by atoms with van der Waals surface area (Å²) >= 11 is 0. The molecule has 0 amide bonds. The van der Waals surface area contributed by atoms with E-state index in [-0.39, 0.29) is 47.4 Å². The highest BCUT2D eigenvalue weighted by Gasteiger charge is 2.50. The summed E-state index contributed by atoms with van der Waals surface area (Å²) in [6.45, 7) is 0. The molecule has 6 aliphatic rings. The average molecular weight is 674 g/mol. The van der Waals surface area contributed by atoms with Crippen molar-refractivity contribution in [1.29, 1.82) is 0 Å². The molecular formula is C30H29F4O9S2-. The maximum absolute atomic E-state index is 15.1. The lowest BCUT2D eigenvalue weighted by Gasteiger charge is -2.30. The van der Waals surface area contributed by atoms with E-state index in [1.54, 1.807) is 12.1 Å². The molecule has 0 aromatic heterocycles. The number of rotatable bonds is 7. The van der Waals surface area contributed by atoms with E-state index in [0.717, 1.165) is 37.7 Å². The normalized spacial score (nSPS) is 35.2. The van der Waals surface area contributed by atoms with Gasteiger partial charge in [0.05, 0.1) is 36.6 Å². The minimum atomic E-state index is -6.01. The third kappa shape index (κ3) is 4.74. The zero-order valence-electron chi connectivity index (χ0n) is 23.7. The van der Waals surface area contributed by atoms with Gasteiger partial charge in [0.2, 0.25) is 17.4 Å². The monoisotopic (exact) mass is 673 g/mol. The Kier molecular flexibility index (Phi) is 6.91. The number of halogens is 4. The van der Waals surface area contributed by atoms with Crippen molar-refractivity contribution in [3.63, 3.8) is 0 Å². The molecule has 6 saturated heterocycles. The standard InChI is InChI=1S/C30H30F4O9S2/c31-24-26(33)30(44(35,36)37)27(34)25(32)28(24)43-45(38,39)29-19(17-10-14-2-5-22(17)41-14)7-12(16-9-13-1-4-21(16)40-13)8-20(29)18-11-15-3-6-23(18)42-15/h7-8,13-18,21-23H,1-6,9-11H2,(H,35,36,37)/p-1. The third-order valence-electron chi connectivity index (χ3n) is 10.6. The molecule has 9 unspecified atom stereocenters. The Balaban J connectivity index is 1.31. The van der Waals surface area contributed by atoms with Crippen molar-refractivity contribution < 1.29 is 57.3 Å². The Morgan fingerprint density at radius 2 is 1.04 bits per heavy atom. The number of benzene rings is 2. The van der Waals surface area contributed by atoms with Gasteiger partial charge < -0.3 is 22.9 Å². The molecule has 244 valence electrons. The lowest BCUT2D eigenvalue weighted by atomic mass is 9.76. The van der Waals surface area contributed by atoms with Gasteiger partial charge in [-0.2, -0.15) is 17.2 Å². The molecule has 0 aliphatic carbocycles. The first kappa shape index (κ1) is 30.1. The van der Waals surface area contributed by atoms with Gasteiger partial charge in [-0.15, -0.1) is 0 Å². The van der Waals surface area contributed by atoms with Crippen LogP contribution in [0.3, 0.4) is 0 Å². The van der Waals surface area contributed by atoms with Crippen molar-refractivity contribution in [2.75, 3.05) is 0 Å². The fourth-order valence-corrected chi connectivity index (χ4v) is 10.8. The van der Waals surface area contributed by atoms with Crippen LogP contribution in [0.2, 0.25) is 0 Å². The van der Waals surface area contributed by atoms with Gasteiger partial charge in [0.15, 0.2) is 11.6 Å². The molecule has 9 nitrogen and oxygen atoms in total. The second-order valence-electron chi connectivity index (χ2n) is 13.1. The fraction of sp³-hybridized carbons (Fsp3) is 0.600. The minimum absolute atomic E-state index is 0.00222. The quantitative estimate of drug-likeness (QED) is 0.172. The lowest BCUT2D eigenvalue weighted by Crippen LogP contribution is -2.26. The smallest absolute Gasteiger partial charge is 0.339 e. The molecule has 6 heterocycles. The molecule has 6 fully saturated rings. The van der Waals surface area contributed by atoms with Crippen LogP contribution in [0.5, 0.6) is 5.75 Å². The minimum Gasteiger partial charge on any atom is -0.744 e. The number of hydrogen-bond acceptors (Lipinski definition) is 9. The molecule has 15 heteroatoms. The van der Waals surface area contributed by atoms with Crippen LogP contribution < -0.4 is 4.18 Å². The lowest BCUT2D eigenvalue weighted by molar-refractivity contribution is 0.0995. The van der Waals surface area contributed by atoms with Crippen molar-refractivity contribution in [3.05, 3.63) is 52.1 Å². The molecule has 2 aromatic rings. The second kappa shape index (κ2) is 10.3. The summed E-state index contributed by atoms with van der Waals surface area (Å²) in [6.07, 6.45) is 5.76. The number of hydrogen-bond donors (Lipinski definition) is 0. The maximum atomic E-state index is 15.1. The Labute approximate surface area is 257 Å². The van der Waals surface area contributed by atoms with Gasteiger partial charge in [-0.1, -0.05) is 12.1 Å². The van der Waals surface area contributed by atoms with Gasteiger partial charge >= 0.3 is 10.1 Å². The van der Waals surface area contributed by atoms with Crippen LogP contribution in [0.15, 0.2) is 21.9 Å². The first-order chi connectivity index (χ1) is 21.3. The van der Waals surface area contributed by atoms with E-state index < -0.39 is 66.0 Å². The second-order valence-corrected chi connectivity index (χ2v) is 15.9. The molecule has 0 N–H and O–H groups in total. The third-order valence-corrected chi connectivity index (χ3v) is 12.8. The number of ether oxygens (including phenoxy) is 3. The predicted molar refractivity (Wildman–Crippen MR) is 144 cm³/mol. The van der Waals surface area contributed by atoms with Crippen LogP contribution in [0.4, 0.5) is 17.6 Å². The van der Waals surface area contributed by atoms with Crippen molar-refractivity contribution in [2.45, 2.75) is 122 Å². The van der Waals surface area contributed by atoms with Crippen LogP contribution >= 0.6 is 0 Å². The molecule has 0 saturated carbocycles. The van der Waals surface area contributed by atoms with Crippen molar-refractivity contribution in [2.24, 2.45) is 0 Å². The molecule has 0 spiro atoms. The van der Waals surface area contributed by atoms with Crippen molar-refractivity contribution in [1.82, 2.24) is 0 Å². The van der Waals surface area contributed by atoms with Crippen LogP contribution in [-0.2, 0) is 34.4 Å². The van der Waals surface area contributed by atoms with Crippen molar-refractivity contribution >= 4 is 20.2 Å². The summed E-state index contributed by atoms with van der Waals surface area (Å²) in [4.78, 5) is -2.77. The van der Waals surface area contributed by atoms with E-state index in [2.05, 4.69) is 0 Å². The molecule has 0 radical (unpaired) electrons. The fourth-order valence-electron chi connectivity index (χ4n) is 8.71. The molecular weight excluding hydrogens is 644 g/mol. The van der Waals surface area contributed by atoms with Gasteiger partial charge in [0.1, 0.15) is 19.9 Å². The maximum Gasteiger partial charge on any atom is 0.339 e. The summed E-state index contributed by atoms with van der Waals surface area (Å²) in [6, 6.07) is 3.55. The first-order valence-corrected chi connectivity index (χ1v) is 18.0. The average Bonchev–Trinajstić information content (AvgIpc) is 3.85. The van der Waals surface area contributed by atoms with E-state index >= 15 is 8.78 Å². The van der Waals surface area contributed by atoms with Crippen molar-refractivity contribution in [3.8, 4) is 5.75 Å². The molecule has 45 heavy (non-hydrogen) atoms. The number of fused-ring (bicyclic) bond motifs is 6. The topological polar surface area (TPSA) is 128 Å². The highest BCUT2D eigenvalue weighted by atomic mass is 32.2. The van der Waals surface area contributed by atoms with Gasteiger partial charge in [-0.05, 0) is 74.5 Å². The molecule has 8 rings (SSSR count). The Hall–Kier alpha value is -2.30. The summed E-state index contributed by atoms with van der Waals surface area (Å²) in [5.74, 6) is -12.9. The van der Waals surface area contributed by atoms with Crippen LogP contribution in [0.1, 0.15) is 92.2 Å². The molecule has 6 bridgehead atoms. The largest absolute Gasteiger partial charge is 0.744 e. The molecule has 9 atom stereocenters. The van der Waals surface area contributed by atoms with E-state index in [0.29, 0.717) is 36.8 Å². The zero-order chi connectivity index (χ0) is 31.6. The van der Waals surface area contributed by atoms with E-state index in [4.69, 9.17) is 18.4 Å².